The number of nitrogens with zero attached hydrogens (tertiary/aromatic N) is 1. The third kappa shape index (κ3) is 3.96. The molecule has 21 heavy (non-hydrogen) atoms. The molecular formula is C16H21ClN2OS. The highest BCUT2D eigenvalue weighted by atomic mass is 35.5. The van der Waals surface area contributed by atoms with E-state index in [-0.39, 0.29) is 0 Å². The normalized spacial score (nSPS) is 11.1. The lowest BCUT2D eigenvalue weighted by atomic mass is 10.2. The standard InChI is InChI=1S/C16H21ClN2OS/c1-5-13-15(9-18-10(2)3)21-16(19-13)12-7-6-11(17)8-14(12)20-4/h6-8,10,18H,5,9H2,1-4H3. The molecule has 0 aliphatic carbocycles. The summed E-state index contributed by atoms with van der Waals surface area (Å²) in [5, 5.41) is 5.11. The van der Waals surface area contributed by atoms with Gasteiger partial charge in [-0.15, -0.1) is 11.3 Å². The van der Waals surface area contributed by atoms with E-state index >= 15 is 0 Å². The van der Waals surface area contributed by atoms with Crippen molar-refractivity contribution in [3.8, 4) is 16.3 Å². The van der Waals surface area contributed by atoms with Crippen molar-refractivity contribution < 1.29 is 4.74 Å². The van der Waals surface area contributed by atoms with Crippen molar-refractivity contribution in [2.24, 2.45) is 0 Å². The first-order valence-corrected chi connectivity index (χ1v) is 8.30. The third-order valence-electron chi connectivity index (χ3n) is 3.18. The van der Waals surface area contributed by atoms with Crippen LogP contribution in [-0.4, -0.2) is 18.1 Å². The SMILES string of the molecule is CCc1nc(-c2ccc(Cl)cc2OC)sc1CNC(C)C. The Kier molecular flexibility index (Phi) is 5.62. The number of nitrogens with one attached hydrogen (secondary N) is 1. The van der Waals surface area contributed by atoms with E-state index in [2.05, 4.69) is 26.1 Å². The Balaban J connectivity index is 2.36. The number of halogens is 1. The molecule has 0 saturated carbocycles. The second-order valence-corrected chi connectivity index (χ2v) is 6.64. The molecule has 0 atom stereocenters. The maximum atomic E-state index is 6.02. The van der Waals surface area contributed by atoms with Crippen molar-refractivity contribution in [3.05, 3.63) is 33.8 Å². The number of benzene rings is 1. The highest BCUT2D eigenvalue weighted by Crippen LogP contribution is 2.36. The fourth-order valence-corrected chi connectivity index (χ4v) is 3.34. The van der Waals surface area contributed by atoms with Gasteiger partial charge in [0.05, 0.1) is 18.4 Å². The smallest absolute Gasteiger partial charge is 0.130 e. The van der Waals surface area contributed by atoms with Crippen molar-refractivity contribution in [3.63, 3.8) is 0 Å². The topological polar surface area (TPSA) is 34.1 Å². The lowest BCUT2D eigenvalue weighted by Crippen LogP contribution is -2.21. The summed E-state index contributed by atoms with van der Waals surface area (Å²) in [6.45, 7) is 7.29. The summed E-state index contributed by atoms with van der Waals surface area (Å²) in [6.07, 6.45) is 0.932. The molecule has 2 aromatic rings. The molecule has 0 saturated heterocycles. The molecule has 5 heteroatoms. The van der Waals surface area contributed by atoms with Crippen molar-refractivity contribution in [1.82, 2.24) is 10.3 Å². The van der Waals surface area contributed by atoms with Gasteiger partial charge in [-0.1, -0.05) is 32.4 Å². The summed E-state index contributed by atoms with van der Waals surface area (Å²) in [4.78, 5) is 6.06. The van der Waals surface area contributed by atoms with E-state index in [9.17, 15) is 0 Å². The molecule has 1 heterocycles. The molecule has 1 aromatic carbocycles. The largest absolute Gasteiger partial charge is 0.496 e. The average Bonchev–Trinajstić information content (AvgIpc) is 2.87. The Morgan fingerprint density at radius 2 is 2.14 bits per heavy atom. The zero-order chi connectivity index (χ0) is 15.4. The Morgan fingerprint density at radius 1 is 1.38 bits per heavy atom. The number of methoxy groups -OCH3 is 1. The van der Waals surface area contributed by atoms with Crippen LogP contribution in [0.3, 0.4) is 0 Å². The van der Waals surface area contributed by atoms with Crippen molar-refractivity contribution in [2.75, 3.05) is 7.11 Å². The summed E-state index contributed by atoms with van der Waals surface area (Å²) < 4.78 is 5.43. The van der Waals surface area contributed by atoms with Crippen LogP contribution in [0.15, 0.2) is 18.2 Å². The van der Waals surface area contributed by atoms with Crippen LogP contribution in [0.5, 0.6) is 5.75 Å². The third-order valence-corrected chi connectivity index (χ3v) is 4.54. The van der Waals surface area contributed by atoms with Gasteiger partial charge in [0.15, 0.2) is 0 Å². The summed E-state index contributed by atoms with van der Waals surface area (Å²) in [7, 11) is 1.66. The molecule has 0 unspecified atom stereocenters. The average molecular weight is 325 g/mol. The van der Waals surface area contributed by atoms with Crippen molar-refractivity contribution >= 4 is 22.9 Å². The minimum Gasteiger partial charge on any atom is -0.496 e. The molecule has 0 aliphatic rings. The van der Waals surface area contributed by atoms with E-state index in [1.165, 1.54) is 4.88 Å². The molecule has 0 aliphatic heterocycles. The Labute approximate surface area is 135 Å². The number of aromatic nitrogens is 1. The lowest BCUT2D eigenvalue weighted by molar-refractivity contribution is 0.416. The van der Waals surface area contributed by atoms with Crippen LogP contribution in [0.1, 0.15) is 31.3 Å². The zero-order valence-corrected chi connectivity index (χ0v) is 14.4. The van der Waals surface area contributed by atoms with Gasteiger partial charge in [0.1, 0.15) is 10.8 Å². The van der Waals surface area contributed by atoms with Crippen molar-refractivity contribution in [1.29, 1.82) is 0 Å². The maximum Gasteiger partial charge on any atom is 0.130 e. The summed E-state index contributed by atoms with van der Waals surface area (Å²) in [5.74, 6) is 0.766. The van der Waals surface area contributed by atoms with Gasteiger partial charge in [0, 0.05) is 22.5 Å². The summed E-state index contributed by atoms with van der Waals surface area (Å²) in [6, 6.07) is 6.14. The van der Waals surface area contributed by atoms with E-state index in [0.29, 0.717) is 11.1 Å². The van der Waals surface area contributed by atoms with Crippen LogP contribution >= 0.6 is 22.9 Å². The predicted molar refractivity (Wildman–Crippen MR) is 90.5 cm³/mol. The number of rotatable bonds is 6. The molecule has 3 nitrogen and oxygen atoms in total. The molecule has 1 aromatic heterocycles. The summed E-state index contributed by atoms with van der Waals surface area (Å²) >= 11 is 7.74. The van der Waals surface area contributed by atoms with Gasteiger partial charge in [-0.25, -0.2) is 4.98 Å². The number of hydrogen-bond acceptors (Lipinski definition) is 4. The van der Waals surface area contributed by atoms with Gasteiger partial charge < -0.3 is 10.1 Å². The monoisotopic (exact) mass is 324 g/mol. The van der Waals surface area contributed by atoms with Gasteiger partial charge in [-0.3, -0.25) is 0 Å². The number of ether oxygens (including phenoxy) is 1. The highest BCUT2D eigenvalue weighted by Gasteiger charge is 2.15. The fourth-order valence-electron chi connectivity index (χ4n) is 2.05. The zero-order valence-electron chi connectivity index (χ0n) is 12.9. The molecule has 0 amide bonds. The van der Waals surface area contributed by atoms with Crippen molar-refractivity contribution in [2.45, 2.75) is 39.8 Å². The molecule has 0 radical (unpaired) electrons. The first kappa shape index (κ1) is 16.3. The molecule has 0 fully saturated rings. The molecule has 2 rings (SSSR count). The van der Waals surface area contributed by atoms with E-state index in [1.54, 1.807) is 18.4 Å². The van der Waals surface area contributed by atoms with Gasteiger partial charge in [-0.05, 0) is 24.6 Å². The van der Waals surface area contributed by atoms with Gasteiger partial charge in [0.25, 0.3) is 0 Å². The number of hydrogen-bond donors (Lipinski definition) is 1. The molecule has 1 N–H and O–H groups in total. The first-order chi connectivity index (χ1) is 10.0. The Hall–Kier alpha value is -1.10. The minimum absolute atomic E-state index is 0.463. The van der Waals surface area contributed by atoms with Gasteiger partial charge in [0.2, 0.25) is 0 Å². The summed E-state index contributed by atoms with van der Waals surface area (Å²) in [5.41, 5.74) is 2.15. The van der Waals surface area contributed by atoms with Crippen LogP contribution in [-0.2, 0) is 13.0 Å². The minimum atomic E-state index is 0.463. The molecule has 0 spiro atoms. The second kappa shape index (κ2) is 7.25. The Morgan fingerprint density at radius 3 is 2.76 bits per heavy atom. The second-order valence-electron chi connectivity index (χ2n) is 5.12. The predicted octanol–water partition coefficient (Wildman–Crippen LogP) is 4.53. The number of aryl methyl sites for hydroxylation is 1. The molecule has 0 bridgehead atoms. The van der Waals surface area contributed by atoms with Crippen LogP contribution in [0.4, 0.5) is 0 Å². The van der Waals surface area contributed by atoms with E-state index in [0.717, 1.165) is 35.0 Å². The van der Waals surface area contributed by atoms with Crippen LogP contribution < -0.4 is 10.1 Å². The van der Waals surface area contributed by atoms with Gasteiger partial charge in [-0.2, -0.15) is 0 Å². The highest BCUT2D eigenvalue weighted by molar-refractivity contribution is 7.15. The quantitative estimate of drug-likeness (QED) is 0.847. The Bertz CT molecular complexity index is 610. The first-order valence-electron chi connectivity index (χ1n) is 7.11. The van der Waals surface area contributed by atoms with E-state index in [4.69, 9.17) is 21.3 Å². The molecular weight excluding hydrogens is 304 g/mol. The van der Waals surface area contributed by atoms with Gasteiger partial charge >= 0.3 is 0 Å². The maximum absolute atomic E-state index is 6.02. The van der Waals surface area contributed by atoms with E-state index < -0.39 is 0 Å². The lowest BCUT2D eigenvalue weighted by Gasteiger charge is -2.07. The van der Waals surface area contributed by atoms with E-state index in [1.807, 2.05) is 18.2 Å². The fraction of sp³-hybridized carbons (Fsp3) is 0.438. The van der Waals surface area contributed by atoms with Crippen LogP contribution in [0.2, 0.25) is 5.02 Å². The number of thiazole rings is 1. The van der Waals surface area contributed by atoms with Crippen LogP contribution in [0.25, 0.3) is 10.6 Å². The molecule has 114 valence electrons. The van der Waals surface area contributed by atoms with Crippen LogP contribution in [0, 0.1) is 0 Å².